The lowest BCUT2D eigenvalue weighted by molar-refractivity contribution is -0.0791. The molecule has 1 saturated heterocycles. The Labute approximate surface area is 190 Å². The molecule has 0 spiro atoms. The molecule has 1 aliphatic heterocycles. The molecule has 4 aromatic rings. The van der Waals surface area contributed by atoms with Crippen LogP contribution in [-0.4, -0.2) is 53.6 Å². The van der Waals surface area contributed by atoms with Crippen LogP contribution in [0.2, 0.25) is 0 Å². The number of hydrogen-bond donors (Lipinski definition) is 4. The first kappa shape index (κ1) is 21.0. The number of nitrogens with two attached hydrogens (primary N) is 2. The van der Waals surface area contributed by atoms with Crippen molar-refractivity contribution >= 4 is 33.6 Å². The third kappa shape index (κ3) is 2.92. The molecule has 2 aliphatic rings. The zero-order valence-corrected chi connectivity index (χ0v) is 17.6. The maximum atomic E-state index is 14.5. The smallest absolute Gasteiger partial charge is 0.165 e. The van der Waals surface area contributed by atoms with Crippen molar-refractivity contribution in [1.29, 1.82) is 0 Å². The molecule has 10 nitrogen and oxygen atoms in total. The summed E-state index contributed by atoms with van der Waals surface area (Å²) in [7, 11) is 0. The van der Waals surface area contributed by atoms with Gasteiger partial charge in [0.15, 0.2) is 29.3 Å². The van der Waals surface area contributed by atoms with E-state index in [1.165, 1.54) is 17.0 Å². The largest absolute Gasteiger partial charge is 0.488 e. The van der Waals surface area contributed by atoms with E-state index in [1.807, 2.05) is 0 Å². The van der Waals surface area contributed by atoms with Crippen LogP contribution in [0.15, 0.2) is 36.8 Å². The summed E-state index contributed by atoms with van der Waals surface area (Å²) in [6.07, 6.45) is -1.13. The fraction of sp³-hybridized carbons (Fsp3) is 0.318. The van der Waals surface area contributed by atoms with Crippen LogP contribution in [0, 0.1) is 11.6 Å². The Morgan fingerprint density at radius 2 is 1.97 bits per heavy atom. The molecule has 1 unspecified atom stereocenters. The quantitative estimate of drug-likeness (QED) is 0.350. The summed E-state index contributed by atoms with van der Waals surface area (Å²) >= 11 is 0. The number of fused-ring (bicyclic) bond motifs is 3. The zero-order valence-electron chi connectivity index (χ0n) is 17.6. The fourth-order valence-electron chi connectivity index (χ4n) is 4.96. The molecule has 12 heteroatoms. The van der Waals surface area contributed by atoms with E-state index in [0.29, 0.717) is 23.1 Å². The van der Waals surface area contributed by atoms with Gasteiger partial charge >= 0.3 is 0 Å². The number of rotatable bonds is 3. The normalized spacial score (nSPS) is 28.6. The highest BCUT2D eigenvalue weighted by molar-refractivity contribution is 5.87. The van der Waals surface area contributed by atoms with Crippen LogP contribution in [0.4, 0.5) is 20.4 Å². The molecule has 0 bridgehead atoms. The summed E-state index contributed by atoms with van der Waals surface area (Å²) in [4.78, 5) is 11.9. The first-order valence-corrected chi connectivity index (χ1v) is 10.6. The summed E-state index contributed by atoms with van der Waals surface area (Å²) in [5.74, 6) is -1.12. The van der Waals surface area contributed by atoms with E-state index < -0.39 is 41.8 Å². The maximum Gasteiger partial charge on any atom is 0.165 e. The standard InChI is InChI=1S/C22H20F2N6O4/c23-11-5-9-1-2-10(6-13(9)29-18(11)25)33-14-3-4-22(32)16(31)21(34-17(14)22)30-7-12(24)15-19(26)27-8-28-20(15)30/h1-2,5-8,14,16-17,21,31-32H,3-4H2,(H2,25,29)(H2,26,27,28)/t14-,16?,17+,21+,22-/m0/s1. The Balaban J connectivity index is 1.31. The Morgan fingerprint density at radius 3 is 2.79 bits per heavy atom. The predicted octanol–water partition coefficient (Wildman–Crippen LogP) is 1.65. The van der Waals surface area contributed by atoms with Gasteiger partial charge in [-0.25, -0.2) is 23.7 Å². The van der Waals surface area contributed by atoms with Gasteiger partial charge in [0.05, 0.1) is 10.9 Å². The van der Waals surface area contributed by atoms with E-state index in [0.717, 1.165) is 6.20 Å². The molecular formula is C22H20F2N6O4. The van der Waals surface area contributed by atoms with Crippen LogP contribution in [0.1, 0.15) is 19.1 Å². The number of aliphatic hydroxyl groups excluding tert-OH is 1. The number of hydrogen-bond acceptors (Lipinski definition) is 9. The third-order valence-electron chi connectivity index (χ3n) is 6.65. The highest BCUT2D eigenvalue weighted by Gasteiger charge is 2.63. The number of benzene rings is 1. The SMILES string of the molecule is Nc1nc2cc(O[C@H]3CC[C@]4(O)C(O)[C@H](n5cc(F)c6c(N)ncnc65)O[C@H]34)ccc2cc1F. The number of pyridine rings is 1. The first-order valence-electron chi connectivity index (χ1n) is 10.6. The summed E-state index contributed by atoms with van der Waals surface area (Å²) < 4.78 is 41.6. The highest BCUT2D eigenvalue weighted by Crippen LogP contribution is 2.48. The molecule has 1 saturated carbocycles. The molecule has 1 aliphatic carbocycles. The van der Waals surface area contributed by atoms with E-state index in [-0.39, 0.29) is 29.1 Å². The number of nitrogen functional groups attached to an aromatic ring is 2. The van der Waals surface area contributed by atoms with E-state index in [9.17, 15) is 19.0 Å². The minimum Gasteiger partial charge on any atom is -0.488 e. The van der Waals surface area contributed by atoms with Crippen molar-refractivity contribution in [3.63, 3.8) is 0 Å². The van der Waals surface area contributed by atoms with Gasteiger partial charge in [0.25, 0.3) is 0 Å². The molecule has 2 fully saturated rings. The second kappa shape index (κ2) is 7.19. The second-order valence-electron chi connectivity index (χ2n) is 8.63. The molecule has 3 aromatic heterocycles. The molecule has 34 heavy (non-hydrogen) atoms. The molecule has 176 valence electrons. The summed E-state index contributed by atoms with van der Waals surface area (Å²) in [5, 5.41) is 22.8. The van der Waals surface area contributed by atoms with Gasteiger partial charge < -0.3 is 35.7 Å². The Bertz CT molecular complexity index is 1450. The van der Waals surface area contributed by atoms with Crippen molar-refractivity contribution in [3.05, 3.63) is 48.4 Å². The lowest BCUT2D eigenvalue weighted by Crippen LogP contribution is -2.47. The van der Waals surface area contributed by atoms with Crippen molar-refractivity contribution in [3.8, 4) is 5.75 Å². The van der Waals surface area contributed by atoms with Gasteiger partial charge in [-0.05, 0) is 31.0 Å². The van der Waals surface area contributed by atoms with Crippen LogP contribution >= 0.6 is 0 Å². The maximum absolute atomic E-state index is 14.5. The first-order chi connectivity index (χ1) is 16.3. The van der Waals surface area contributed by atoms with Crippen molar-refractivity contribution in [2.75, 3.05) is 11.5 Å². The Morgan fingerprint density at radius 1 is 1.15 bits per heavy atom. The second-order valence-corrected chi connectivity index (χ2v) is 8.63. The van der Waals surface area contributed by atoms with E-state index in [1.54, 1.807) is 18.2 Å². The molecule has 1 aromatic carbocycles. The Kier molecular flexibility index (Phi) is 4.43. The highest BCUT2D eigenvalue weighted by atomic mass is 19.1. The van der Waals surface area contributed by atoms with Crippen molar-refractivity contribution in [1.82, 2.24) is 19.5 Å². The summed E-state index contributed by atoms with van der Waals surface area (Å²) in [6.45, 7) is 0. The minimum atomic E-state index is -1.62. The Hall–Kier alpha value is -3.61. The van der Waals surface area contributed by atoms with Gasteiger partial charge in [0.2, 0.25) is 0 Å². The minimum absolute atomic E-state index is 0.00882. The molecule has 5 atom stereocenters. The third-order valence-corrected chi connectivity index (χ3v) is 6.65. The molecule has 6 N–H and O–H groups in total. The molecule has 0 amide bonds. The van der Waals surface area contributed by atoms with E-state index in [4.69, 9.17) is 20.9 Å². The zero-order chi connectivity index (χ0) is 23.8. The van der Waals surface area contributed by atoms with Crippen LogP contribution in [0.3, 0.4) is 0 Å². The van der Waals surface area contributed by atoms with Crippen molar-refractivity contribution in [2.45, 2.75) is 43.0 Å². The average molecular weight is 470 g/mol. The summed E-state index contributed by atoms with van der Waals surface area (Å²) in [5.41, 5.74) is 10.3. The molecule has 4 heterocycles. The van der Waals surface area contributed by atoms with Crippen molar-refractivity contribution in [2.24, 2.45) is 0 Å². The van der Waals surface area contributed by atoms with Crippen LogP contribution in [-0.2, 0) is 4.74 Å². The number of anilines is 2. The van der Waals surface area contributed by atoms with E-state index in [2.05, 4.69) is 15.0 Å². The lowest BCUT2D eigenvalue weighted by Gasteiger charge is -2.26. The van der Waals surface area contributed by atoms with Gasteiger partial charge in [-0.15, -0.1) is 0 Å². The van der Waals surface area contributed by atoms with E-state index >= 15 is 0 Å². The van der Waals surface area contributed by atoms with Crippen LogP contribution in [0.5, 0.6) is 5.75 Å². The van der Waals surface area contributed by atoms with Gasteiger partial charge in [-0.1, -0.05) is 0 Å². The van der Waals surface area contributed by atoms with Gasteiger partial charge in [-0.2, -0.15) is 0 Å². The van der Waals surface area contributed by atoms with Gasteiger partial charge in [0.1, 0.15) is 41.8 Å². The molecular weight excluding hydrogens is 450 g/mol. The lowest BCUT2D eigenvalue weighted by atomic mass is 9.94. The number of nitrogens with zero attached hydrogens (tertiary/aromatic N) is 4. The average Bonchev–Trinajstić information content (AvgIpc) is 3.39. The number of aliphatic hydroxyl groups is 2. The van der Waals surface area contributed by atoms with Crippen LogP contribution in [0.25, 0.3) is 21.9 Å². The number of aromatic nitrogens is 4. The van der Waals surface area contributed by atoms with Crippen molar-refractivity contribution < 1.29 is 28.5 Å². The monoisotopic (exact) mass is 470 g/mol. The van der Waals surface area contributed by atoms with Crippen LogP contribution < -0.4 is 16.2 Å². The van der Waals surface area contributed by atoms with Gasteiger partial charge in [0, 0.05) is 17.6 Å². The number of ether oxygens (including phenoxy) is 2. The fourth-order valence-corrected chi connectivity index (χ4v) is 4.96. The van der Waals surface area contributed by atoms with Gasteiger partial charge in [-0.3, -0.25) is 0 Å². The predicted molar refractivity (Wildman–Crippen MR) is 117 cm³/mol. The topological polar surface area (TPSA) is 155 Å². The summed E-state index contributed by atoms with van der Waals surface area (Å²) in [6, 6.07) is 6.19. The number of halogens is 2. The molecule has 0 radical (unpaired) electrons. The molecule has 6 rings (SSSR count).